The van der Waals surface area contributed by atoms with Crippen LogP contribution in [-0.2, 0) is 18.4 Å². The minimum atomic E-state index is 0.421. The van der Waals surface area contributed by atoms with E-state index in [1.54, 1.807) is 18.0 Å². The van der Waals surface area contributed by atoms with Crippen LogP contribution in [0.2, 0.25) is 0 Å². The summed E-state index contributed by atoms with van der Waals surface area (Å²) in [6, 6.07) is 0. The molecule has 0 bridgehead atoms. The standard InChI is InChI=1S/C12H16BrN5O/c1-7-8(5-15-18(7)3)11-16-9(6-19-4)10(13)12(14-2)17-11/h5H,6H2,1-4H3,(H,14,16,17). The molecule has 0 saturated heterocycles. The second-order valence-electron chi connectivity index (χ2n) is 4.11. The molecule has 1 N–H and O–H groups in total. The van der Waals surface area contributed by atoms with Gasteiger partial charge in [0.1, 0.15) is 5.82 Å². The number of nitrogens with zero attached hydrogens (tertiary/aromatic N) is 4. The molecule has 0 saturated carbocycles. The second kappa shape index (κ2) is 5.66. The lowest BCUT2D eigenvalue weighted by Gasteiger charge is -2.10. The molecule has 102 valence electrons. The van der Waals surface area contributed by atoms with Crippen molar-refractivity contribution in [3.05, 3.63) is 22.1 Å². The van der Waals surface area contributed by atoms with Gasteiger partial charge in [0.25, 0.3) is 0 Å². The van der Waals surface area contributed by atoms with E-state index in [1.165, 1.54) is 0 Å². The first kappa shape index (κ1) is 14.0. The maximum absolute atomic E-state index is 5.17. The number of halogens is 1. The first-order valence-corrected chi connectivity index (χ1v) is 6.59. The highest BCUT2D eigenvalue weighted by molar-refractivity contribution is 9.10. The average Bonchev–Trinajstić information content (AvgIpc) is 2.73. The normalized spacial score (nSPS) is 10.8. The fourth-order valence-corrected chi connectivity index (χ4v) is 2.22. The largest absolute Gasteiger partial charge is 0.378 e. The summed E-state index contributed by atoms with van der Waals surface area (Å²) in [5.41, 5.74) is 2.75. The van der Waals surface area contributed by atoms with Crippen molar-refractivity contribution in [3.63, 3.8) is 0 Å². The number of hydrogen-bond donors (Lipinski definition) is 1. The van der Waals surface area contributed by atoms with E-state index in [-0.39, 0.29) is 0 Å². The van der Waals surface area contributed by atoms with Gasteiger partial charge in [-0.25, -0.2) is 9.97 Å². The molecule has 2 aromatic rings. The Balaban J connectivity index is 2.57. The van der Waals surface area contributed by atoms with Gasteiger partial charge in [-0.3, -0.25) is 4.68 Å². The van der Waals surface area contributed by atoms with Crippen molar-refractivity contribution in [2.24, 2.45) is 7.05 Å². The summed E-state index contributed by atoms with van der Waals surface area (Å²) < 4.78 is 7.79. The zero-order chi connectivity index (χ0) is 14.0. The molecule has 0 atom stereocenters. The molecule has 0 spiro atoms. The smallest absolute Gasteiger partial charge is 0.165 e. The van der Waals surface area contributed by atoms with E-state index >= 15 is 0 Å². The van der Waals surface area contributed by atoms with Gasteiger partial charge in [0.2, 0.25) is 0 Å². The molecular weight excluding hydrogens is 310 g/mol. The van der Waals surface area contributed by atoms with Crippen molar-refractivity contribution in [2.45, 2.75) is 13.5 Å². The average molecular weight is 326 g/mol. The molecule has 7 heteroatoms. The molecule has 0 unspecified atom stereocenters. The van der Waals surface area contributed by atoms with Crippen molar-refractivity contribution in [1.82, 2.24) is 19.7 Å². The van der Waals surface area contributed by atoms with Crippen LogP contribution in [0.15, 0.2) is 10.7 Å². The number of ether oxygens (including phenoxy) is 1. The minimum absolute atomic E-state index is 0.421. The van der Waals surface area contributed by atoms with Gasteiger partial charge in [-0.05, 0) is 22.9 Å². The Bertz CT molecular complexity index is 596. The Kier molecular flexibility index (Phi) is 4.16. The summed E-state index contributed by atoms with van der Waals surface area (Å²) in [6.07, 6.45) is 1.77. The number of aryl methyl sites for hydroxylation is 1. The zero-order valence-corrected chi connectivity index (χ0v) is 12.9. The molecule has 2 rings (SSSR count). The molecule has 2 aromatic heterocycles. The highest BCUT2D eigenvalue weighted by Gasteiger charge is 2.15. The summed E-state index contributed by atoms with van der Waals surface area (Å²) in [5.74, 6) is 1.38. The number of hydrogen-bond acceptors (Lipinski definition) is 5. The van der Waals surface area contributed by atoms with Gasteiger partial charge in [-0.15, -0.1) is 0 Å². The van der Waals surface area contributed by atoms with Crippen LogP contribution in [0.3, 0.4) is 0 Å². The molecular formula is C12H16BrN5O. The number of anilines is 1. The van der Waals surface area contributed by atoms with Gasteiger partial charge in [0.15, 0.2) is 5.82 Å². The van der Waals surface area contributed by atoms with Crippen molar-refractivity contribution in [1.29, 1.82) is 0 Å². The molecule has 6 nitrogen and oxygen atoms in total. The molecule has 0 aliphatic carbocycles. The lowest BCUT2D eigenvalue weighted by molar-refractivity contribution is 0.181. The molecule has 0 aliphatic heterocycles. The van der Waals surface area contributed by atoms with Crippen LogP contribution in [0, 0.1) is 6.92 Å². The monoisotopic (exact) mass is 325 g/mol. The van der Waals surface area contributed by atoms with Crippen LogP contribution in [0.1, 0.15) is 11.4 Å². The number of aromatic nitrogens is 4. The topological polar surface area (TPSA) is 64.9 Å². The molecule has 0 radical (unpaired) electrons. The predicted molar refractivity (Wildman–Crippen MR) is 76.9 cm³/mol. The predicted octanol–water partition coefficient (Wildman–Crippen LogP) is 2.14. The van der Waals surface area contributed by atoms with E-state index < -0.39 is 0 Å². The summed E-state index contributed by atoms with van der Waals surface area (Å²) in [6.45, 7) is 2.41. The Morgan fingerprint density at radius 2 is 2.16 bits per heavy atom. The first-order valence-electron chi connectivity index (χ1n) is 5.80. The van der Waals surface area contributed by atoms with Crippen LogP contribution in [-0.4, -0.2) is 33.9 Å². The van der Waals surface area contributed by atoms with E-state index in [0.717, 1.165) is 27.2 Å². The van der Waals surface area contributed by atoms with Gasteiger partial charge in [0.05, 0.1) is 28.5 Å². The van der Waals surface area contributed by atoms with Gasteiger partial charge < -0.3 is 10.1 Å². The lowest BCUT2D eigenvalue weighted by atomic mass is 10.2. The highest BCUT2D eigenvalue weighted by Crippen LogP contribution is 2.28. The second-order valence-corrected chi connectivity index (χ2v) is 4.90. The maximum Gasteiger partial charge on any atom is 0.165 e. The summed E-state index contributed by atoms with van der Waals surface area (Å²) in [4.78, 5) is 9.04. The fourth-order valence-electron chi connectivity index (χ4n) is 1.73. The van der Waals surface area contributed by atoms with Crippen LogP contribution < -0.4 is 5.32 Å². The Morgan fingerprint density at radius 3 is 2.68 bits per heavy atom. The zero-order valence-electron chi connectivity index (χ0n) is 11.4. The molecule has 0 fully saturated rings. The van der Waals surface area contributed by atoms with E-state index in [0.29, 0.717) is 12.4 Å². The third-order valence-electron chi connectivity index (χ3n) is 2.91. The van der Waals surface area contributed by atoms with Crippen molar-refractivity contribution in [3.8, 4) is 11.4 Å². The van der Waals surface area contributed by atoms with Crippen LogP contribution >= 0.6 is 15.9 Å². The molecule has 19 heavy (non-hydrogen) atoms. The van der Waals surface area contributed by atoms with E-state index in [4.69, 9.17) is 4.74 Å². The summed E-state index contributed by atoms with van der Waals surface area (Å²) >= 11 is 3.48. The number of methoxy groups -OCH3 is 1. The number of rotatable bonds is 4. The van der Waals surface area contributed by atoms with Gasteiger partial charge in [0, 0.05) is 26.9 Å². The molecule has 0 aromatic carbocycles. The van der Waals surface area contributed by atoms with Crippen LogP contribution in [0.4, 0.5) is 5.82 Å². The summed E-state index contributed by atoms with van der Waals surface area (Å²) in [7, 11) is 5.36. The van der Waals surface area contributed by atoms with Gasteiger partial charge >= 0.3 is 0 Å². The number of nitrogens with one attached hydrogen (secondary N) is 1. The molecule has 2 heterocycles. The van der Waals surface area contributed by atoms with Crippen molar-refractivity contribution in [2.75, 3.05) is 19.5 Å². The van der Waals surface area contributed by atoms with Crippen LogP contribution in [0.25, 0.3) is 11.4 Å². The third kappa shape index (κ3) is 2.62. The van der Waals surface area contributed by atoms with E-state index in [2.05, 4.69) is 36.3 Å². The van der Waals surface area contributed by atoms with Crippen molar-refractivity contribution >= 4 is 21.7 Å². The van der Waals surface area contributed by atoms with Crippen LogP contribution in [0.5, 0.6) is 0 Å². The molecule has 0 aliphatic rings. The minimum Gasteiger partial charge on any atom is -0.378 e. The van der Waals surface area contributed by atoms with Gasteiger partial charge in [-0.1, -0.05) is 0 Å². The SMILES string of the molecule is CNc1nc(-c2cnn(C)c2C)nc(COC)c1Br. The molecule has 0 amide bonds. The Hall–Kier alpha value is -1.47. The highest BCUT2D eigenvalue weighted by atomic mass is 79.9. The van der Waals surface area contributed by atoms with Crippen molar-refractivity contribution < 1.29 is 4.74 Å². The summed E-state index contributed by atoms with van der Waals surface area (Å²) in [5, 5.41) is 7.27. The quantitative estimate of drug-likeness (QED) is 0.932. The maximum atomic E-state index is 5.17. The van der Waals surface area contributed by atoms with Gasteiger partial charge in [-0.2, -0.15) is 5.10 Å². The third-order valence-corrected chi connectivity index (χ3v) is 3.75. The Labute approximate surface area is 120 Å². The fraction of sp³-hybridized carbons (Fsp3) is 0.417. The lowest BCUT2D eigenvalue weighted by Crippen LogP contribution is -2.04. The first-order chi connectivity index (χ1) is 9.08. The van der Waals surface area contributed by atoms with E-state index in [9.17, 15) is 0 Å². The van der Waals surface area contributed by atoms with E-state index in [1.807, 2.05) is 21.0 Å². The Morgan fingerprint density at radius 1 is 1.42 bits per heavy atom.